The number of ether oxygens (including phenoxy) is 1. The van der Waals surface area contributed by atoms with Crippen LogP contribution in [0.1, 0.15) is 39.5 Å². The first kappa shape index (κ1) is 32.5. The molecule has 0 bridgehead atoms. The lowest BCUT2D eigenvalue weighted by molar-refractivity contribution is -0.139. The van der Waals surface area contributed by atoms with Crippen molar-refractivity contribution in [2.24, 2.45) is 11.8 Å². The van der Waals surface area contributed by atoms with Gasteiger partial charge in [0.15, 0.2) is 0 Å². The quantitative estimate of drug-likeness (QED) is 0.212. The van der Waals surface area contributed by atoms with Gasteiger partial charge in [-0.3, -0.25) is 14.4 Å². The second kappa shape index (κ2) is 13.1. The Hall–Kier alpha value is -4.08. The zero-order valence-electron chi connectivity index (χ0n) is 27.6. The van der Waals surface area contributed by atoms with Crippen molar-refractivity contribution in [3.05, 3.63) is 91.0 Å². The number of aliphatic hydroxyl groups is 1. The highest BCUT2D eigenvalue weighted by Crippen LogP contribution is 2.65. The molecule has 5 atom stereocenters. The van der Waals surface area contributed by atoms with Gasteiger partial charge in [0.05, 0.1) is 23.2 Å². The first-order chi connectivity index (χ1) is 23.3. The number of benzene rings is 3. The van der Waals surface area contributed by atoms with Crippen LogP contribution in [-0.2, 0) is 14.4 Å². The molecule has 9 heteroatoms. The molecule has 48 heavy (non-hydrogen) atoms. The van der Waals surface area contributed by atoms with Crippen molar-refractivity contribution >= 4 is 51.6 Å². The van der Waals surface area contributed by atoms with Crippen LogP contribution in [0.4, 0.5) is 11.4 Å². The highest BCUT2D eigenvalue weighted by atomic mass is 32.2. The van der Waals surface area contributed by atoms with E-state index in [0.29, 0.717) is 32.7 Å². The maximum absolute atomic E-state index is 14.9. The van der Waals surface area contributed by atoms with Crippen LogP contribution < -0.4 is 14.5 Å². The molecule has 2 fully saturated rings. The Morgan fingerprint density at radius 1 is 0.792 bits per heavy atom. The zero-order chi connectivity index (χ0) is 33.5. The number of aliphatic hydroxyl groups excluding tert-OH is 1. The Labute approximate surface area is 286 Å². The van der Waals surface area contributed by atoms with Gasteiger partial charge in [-0.1, -0.05) is 67.5 Å². The van der Waals surface area contributed by atoms with E-state index in [-0.39, 0.29) is 24.3 Å². The predicted octanol–water partition coefficient (Wildman–Crippen LogP) is 5.98. The summed E-state index contributed by atoms with van der Waals surface area (Å²) < 4.78 is 4.04. The monoisotopic (exact) mass is 665 g/mol. The molecule has 1 N–H and O–H groups in total. The summed E-state index contributed by atoms with van der Waals surface area (Å²) in [7, 11) is 0. The number of thioether (sulfide) groups is 1. The van der Waals surface area contributed by atoms with Gasteiger partial charge >= 0.3 is 0 Å². The molecule has 7 rings (SSSR count). The number of carbonyl (C=O) groups excluding carboxylic acids is 3. The summed E-state index contributed by atoms with van der Waals surface area (Å²) in [6.07, 6.45) is 11.3. The van der Waals surface area contributed by atoms with E-state index in [2.05, 4.69) is 25.1 Å². The van der Waals surface area contributed by atoms with Crippen molar-refractivity contribution in [3.8, 4) is 5.75 Å². The second-order valence-electron chi connectivity index (χ2n) is 13.3. The lowest BCUT2D eigenvalue weighted by atomic mass is 9.74. The van der Waals surface area contributed by atoms with E-state index in [1.807, 2.05) is 79.7 Å². The van der Waals surface area contributed by atoms with Crippen LogP contribution in [-0.4, -0.2) is 76.1 Å². The molecule has 0 saturated carbocycles. The predicted molar refractivity (Wildman–Crippen MR) is 191 cm³/mol. The number of hydrogen-bond donors (Lipinski definition) is 1. The molecule has 4 heterocycles. The van der Waals surface area contributed by atoms with Gasteiger partial charge in [-0.2, -0.15) is 0 Å². The summed E-state index contributed by atoms with van der Waals surface area (Å²) in [4.78, 5) is 49.9. The Bertz CT molecular complexity index is 1770. The van der Waals surface area contributed by atoms with Gasteiger partial charge in [0.2, 0.25) is 11.8 Å². The van der Waals surface area contributed by atoms with Gasteiger partial charge in [0.1, 0.15) is 11.8 Å². The van der Waals surface area contributed by atoms with Gasteiger partial charge in [-0.25, -0.2) is 0 Å². The fraction of sp³-hybridized carbons (Fsp3) is 0.410. The van der Waals surface area contributed by atoms with E-state index in [1.54, 1.807) is 26.5 Å². The minimum absolute atomic E-state index is 0.102. The van der Waals surface area contributed by atoms with Crippen LogP contribution in [0.3, 0.4) is 0 Å². The molecular formula is C39H43N3O5S. The molecule has 2 saturated heterocycles. The molecule has 1 spiro atoms. The van der Waals surface area contributed by atoms with Crippen LogP contribution in [0.2, 0.25) is 0 Å². The Morgan fingerprint density at radius 3 is 2.23 bits per heavy atom. The largest absolute Gasteiger partial charge is 0.494 e. The molecule has 4 aliphatic heterocycles. The summed E-state index contributed by atoms with van der Waals surface area (Å²) in [5.74, 6) is -0.972. The highest BCUT2D eigenvalue weighted by molar-refractivity contribution is 8.02. The smallest absolute Gasteiger partial charge is 0.251 e. The van der Waals surface area contributed by atoms with Gasteiger partial charge in [0.25, 0.3) is 5.91 Å². The fourth-order valence-corrected chi connectivity index (χ4v) is 10.4. The number of fused-ring (bicyclic) bond motifs is 3. The SMILES string of the molecule is CCOc1ccc(N2CC=C[C@]3(C)S[C@]45C=CCN(c6ccc7ccccc7c6)C(=O)C4N(CCCCCCO)C(=O)[C@@H]5[C@@H]3C2=O)cc1. The van der Waals surface area contributed by atoms with E-state index >= 15 is 0 Å². The van der Waals surface area contributed by atoms with Crippen molar-refractivity contribution < 1.29 is 24.2 Å². The maximum atomic E-state index is 14.9. The molecule has 4 aliphatic rings. The Morgan fingerprint density at radius 2 is 1.48 bits per heavy atom. The van der Waals surface area contributed by atoms with Crippen LogP contribution in [0, 0.1) is 11.8 Å². The number of likely N-dealkylation sites (tertiary alicyclic amines) is 1. The molecule has 0 radical (unpaired) electrons. The first-order valence-electron chi connectivity index (χ1n) is 17.1. The van der Waals surface area contributed by atoms with Crippen LogP contribution in [0.25, 0.3) is 10.8 Å². The van der Waals surface area contributed by atoms with Gasteiger partial charge < -0.3 is 24.5 Å². The number of rotatable bonds is 10. The van der Waals surface area contributed by atoms with E-state index in [1.165, 1.54) is 0 Å². The van der Waals surface area contributed by atoms with Crippen molar-refractivity contribution in [1.29, 1.82) is 0 Å². The van der Waals surface area contributed by atoms with Crippen molar-refractivity contribution in [2.45, 2.75) is 55.1 Å². The maximum Gasteiger partial charge on any atom is 0.251 e. The number of carbonyl (C=O) groups is 3. The van der Waals surface area contributed by atoms with E-state index in [4.69, 9.17) is 4.74 Å². The summed E-state index contributed by atoms with van der Waals surface area (Å²) in [6.45, 7) is 5.88. The van der Waals surface area contributed by atoms with Gasteiger partial charge in [-0.05, 0) is 73.9 Å². The Kier molecular flexibility index (Phi) is 8.85. The molecule has 3 aromatic carbocycles. The van der Waals surface area contributed by atoms with E-state index < -0.39 is 27.4 Å². The Balaban J connectivity index is 1.27. The summed E-state index contributed by atoms with van der Waals surface area (Å²) in [6, 6.07) is 20.9. The molecule has 250 valence electrons. The van der Waals surface area contributed by atoms with Gasteiger partial charge in [-0.15, -0.1) is 11.8 Å². The van der Waals surface area contributed by atoms with Gasteiger partial charge in [0, 0.05) is 42.4 Å². The zero-order valence-corrected chi connectivity index (χ0v) is 28.4. The second-order valence-corrected chi connectivity index (χ2v) is 15.1. The molecule has 0 aliphatic carbocycles. The topological polar surface area (TPSA) is 90.4 Å². The third kappa shape index (κ3) is 5.41. The van der Waals surface area contributed by atoms with Crippen molar-refractivity contribution in [3.63, 3.8) is 0 Å². The van der Waals surface area contributed by atoms with Crippen LogP contribution in [0.5, 0.6) is 5.75 Å². The molecule has 8 nitrogen and oxygen atoms in total. The van der Waals surface area contributed by atoms with Crippen molar-refractivity contribution in [1.82, 2.24) is 4.90 Å². The number of amides is 3. The summed E-state index contributed by atoms with van der Waals surface area (Å²) in [5, 5.41) is 11.4. The van der Waals surface area contributed by atoms with Crippen molar-refractivity contribution in [2.75, 3.05) is 42.6 Å². The van der Waals surface area contributed by atoms with Crippen LogP contribution >= 0.6 is 11.8 Å². The molecule has 3 aromatic rings. The number of anilines is 2. The molecule has 0 aromatic heterocycles. The fourth-order valence-electron chi connectivity index (χ4n) is 8.21. The average molecular weight is 666 g/mol. The molecule has 1 unspecified atom stereocenters. The normalized spacial score (nSPS) is 28.0. The third-order valence-corrected chi connectivity index (χ3v) is 12.2. The standard InChI is InChI=1S/C39H43N3O5S/c1-3-47-31-18-16-29(17-19-31)40-23-10-20-38(2)32(35(40)44)33-36(45)42(22-8-4-5-9-25-43)34-37(46)41(24-11-21-39(33,34)48-38)30-15-14-27-12-6-7-13-28(27)26-30/h6-7,10-21,26,32-34,43H,3-5,8-9,22-25H2,1-2H3/t32-,33+,34?,38+,39+/m1/s1. The molecule has 3 amide bonds. The number of nitrogens with zero attached hydrogens (tertiary/aromatic N) is 3. The third-order valence-electron chi connectivity index (χ3n) is 10.4. The van der Waals surface area contributed by atoms with E-state index in [9.17, 15) is 19.5 Å². The lowest BCUT2D eigenvalue weighted by Crippen LogP contribution is -2.53. The highest BCUT2D eigenvalue weighted by Gasteiger charge is 2.74. The lowest BCUT2D eigenvalue weighted by Gasteiger charge is -2.37. The average Bonchev–Trinajstić information content (AvgIpc) is 3.35. The minimum atomic E-state index is -0.911. The summed E-state index contributed by atoms with van der Waals surface area (Å²) >= 11 is 1.61. The van der Waals surface area contributed by atoms with Crippen LogP contribution in [0.15, 0.2) is 91.0 Å². The summed E-state index contributed by atoms with van der Waals surface area (Å²) in [5.41, 5.74) is 1.54. The van der Waals surface area contributed by atoms with E-state index in [0.717, 1.165) is 47.2 Å². The molecular weight excluding hydrogens is 623 g/mol. The first-order valence-corrected chi connectivity index (χ1v) is 17.9. The minimum Gasteiger partial charge on any atom is -0.494 e. The number of unbranched alkanes of at least 4 members (excludes halogenated alkanes) is 3. The number of hydrogen-bond acceptors (Lipinski definition) is 6.